The lowest BCUT2D eigenvalue weighted by Gasteiger charge is -2.36. The predicted molar refractivity (Wildman–Crippen MR) is 118 cm³/mol. The Morgan fingerprint density at radius 3 is 2.23 bits per heavy atom. The first-order valence-corrected chi connectivity index (χ1v) is 11.7. The van der Waals surface area contributed by atoms with Gasteiger partial charge < -0.3 is 14.2 Å². The van der Waals surface area contributed by atoms with Gasteiger partial charge in [-0.05, 0) is 46.2 Å². The molecule has 2 aromatic rings. The minimum Gasteiger partial charge on any atom is -0.462 e. The SMILES string of the molecule is CCOC(=O)c1c(S(=O)(=O)N2CCN(c3ccc(C)cc3C)CC2)c(C)n(C)c1C. The average molecular weight is 434 g/mol. The molecule has 1 aromatic heterocycles. The van der Waals surface area contributed by atoms with Crippen molar-refractivity contribution >= 4 is 21.7 Å². The van der Waals surface area contributed by atoms with Gasteiger partial charge in [0.1, 0.15) is 10.5 Å². The highest BCUT2D eigenvalue weighted by molar-refractivity contribution is 7.89. The van der Waals surface area contributed by atoms with Crippen LogP contribution in [0.25, 0.3) is 0 Å². The number of sulfonamides is 1. The average Bonchev–Trinajstić information content (AvgIpc) is 2.93. The summed E-state index contributed by atoms with van der Waals surface area (Å²) >= 11 is 0. The summed E-state index contributed by atoms with van der Waals surface area (Å²) in [6, 6.07) is 6.31. The molecule has 0 spiro atoms. The molecule has 1 saturated heterocycles. The third-order valence-corrected chi connectivity index (χ3v) is 7.99. The fourth-order valence-electron chi connectivity index (χ4n) is 4.13. The quantitative estimate of drug-likeness (QED) is 0.678. The molecule has 7 nitrogen and oxygen atoms in total. The molecule has 1 fully saturated rings. The van der Waals surface area contributed by atoms with Crippen LogP contribution in [-0.4, -0.2) is 56.0 Å². The zero-order valence-corrected chi connectivity index (χ0v) is 19.5. The molecule has 0 aliphatic carbocycles. The van der Waals surface area contributed by atoms with E-state index in [1.165, 1.54) is 15.4 Å². The van der Waals surface area contributed by atoms with Gasteiger partial charge in [-0.2, -0.15) is 4.31 Å². The molecule has 0 saturated carbocycles. The summed E-state index contributed by atoms with van der Waals surface area (Å²) in [5, 5.41) is 0. The lowest BCUT2D eigenvalue weighted by Crippen LogP contribution is -2.49. The van der Waals surface area contributed by atoms with Gasteiger partial charge in [0.05, 0.1) is 6.61 Å². The van der Waals surface area contributed by atoms with Crippen molar-refractivity contribution in [2.75, 3.05) is 37.7 Å². The Morgan fingerprint density at radius 1 is 1.03 bits per heavy atom. The molecule has 1 aliphatic heterocycles. The number of ether oxygens (including phenoxy) is 1. The maximum atomic E-state index is 13.5. The second-order valence-corrected chi connectivity index (χ2v) is 9.71. The van der Waals surface area contributed by atoms with Crippen molar-refractivity contribution in [2.45, 2.75) is 39.5 Å². The maximum absolute atomic E-state index is 13.5. The van der Waals surface area contributed by atoms with Crippen molar-refractivity contribution in [1.29, 1.82) is 0 Å². The number of carbonyl (C=O) groups is 1. The molecule has 0 bridgehead atoms. The Morgan fingerprint density at radius 2 is 1.67 bits per heavy atom. The van der Waals surface area contributed by atoms with Gasteiger partial charge in [-0.1, -0.05) is 17.7 Å². The molecule has 2 heterocycles. The van der Waals surface area contributed by atoms with Crippen LogP contribution in [0.5, 0.6) is 0 Å². The van der Waals surface area contributed by atoms with Crippen molar-refractivity contribution in [3.63, 3.8) is 0 Å². The zero-order chi connectivity index (χ0) is 22.2. The van der Waals surface area contributed by atoms with E-state index in [9.17, 15) is 13.2 Å². The lowest BCUT2D eigenvalue weighted by atomic mass is 10.1. The fraction of sp³-hybridized carbons (Fsp3) is 0.500. The topological polar surface area (TPSA) is 71.8 Å². The second kappa shape index (κ2) is 8.43. The van der Waals surface area contributed by atoms with Crippen molar-refractivity contribution in [3.05, 3.63) is 46.3 Å². The maximum Gasteiger partial charge on any atom is 0.341 e. The van der Waals surface area contributed by atoms with E-state index in [0.717, 1.165) is 5.69 Å². The van der Waals surface area contributed by atoms with Crippen LogP contribution < -0.4 is 4.90 Å². The number of rotatable bonds is 5. The first kappa shape index (κ1) is 22.4. The highest BCUT2D eigenvalue weighted by atomic mass is 32.2. The number of piperazine rings is 1. The summed E-state index contributed by atoms with van der Waals surface area (Å²) in [5.41, 5.74) is 4.82. The van der Waals surface area contributed by atoms with Crippen LogP contribution in [0.15, 0.2) is 23.1 Å². The van der Waals surface area contributed by atoms with Crippen LogP contribution >= 0.6 is 0 Å². The smallest absolute Gasteiger partial charge is 0.341 e. The summed E-state index contributed by atoms with van der Waals surface area (Å²) in [4.78, 5) is 14.8. The number of carbonyl (C=O) groups excluding carboxylic acids is 1. The second-order valence-electron chi connectivity index (χ2n) is 7.84. The monoisotopic (exact) mass is 433 g/mol. The van der Waals surface area contributed by atoms with Crippen molar-refractivity contribution in [1.82, 2.24) is 8.87 Å². The molecule has 1 aliphatic rings. The van der Waals surface area contributed by atoms with Gasteiger partial charge in [-0.3, -0.25) is 0 Å². The van der Waals surface area contributed by atoms with Crippen molar-refractivity contribution in [2.24, 2.45) is 7.05 Å². The lowest BCUT2D eigenvalue weighted by molar-refractivity contribution is 0.0521. The molecule has 0 unspecified atom stereocenters. The van der Waals surface area contributed by atoms with Crippen LogP contribution in [0.4, 0.5) is 5.69 Å². The number of anilines is 1. The zero-order valence-electron chi connectivity index (χ0n) is 18.7. The van der Waals surface area contributed by atoms with E-state index in [1.807, 2.05) is 0 Å². The van der Waals surface area contributed by atoms with Gasteiger partial charge in [0, 0.05) is 50.3 Å². The Labute approximate surface area is 179 Å². The van der Waals surface area contributed by atoms with Gasteiger partial charge in [-0.15, -0.1) is 0 Å². The van der Waals surface area contributed by atoms with Crippen LogP contribution in [0.2, 0.25) is 0 Å². The van der Waals surface area contributed by atoms with Gasteiger partial charge in [0.25, 0.3) is 0 Å². The predicted octanol–water partition coefficient (Wildman–Crippen LogP) is 2.95. The van der Waals surface area contributed by atoms with E-state index in [4.69, 9.17) is 4.74 Å². The first-order chi connectivity index (χ1) is 14.1. The van der Waals surface area contributed by atoms with E-state index in [2.05, 4.69) is 36.9 Å². The Kier molecular flexibility index (Phi) is 6.29. The number of nitrogens with zero attached hydrogens (tertiary/aromatic N) is 3. The van der Waals surface area contributed by atoms with Gasteiger partial charge in [-0.25, -0.2) is 13.2 Å². The van der Waals surface area contributed by atoms with Crippen LogP contribution in [0.3, 0.4) is 0 Å². The number of hydrogen-bond acceptors (Lipinski definition) is 5. The van der Waals surface area contributed by atoms with E-state index in [1.54, 1.807) is 32.4 Å². The fourth-order valence-corrected chi connectivity index (χ4v) is 6.04. The summed E-state index contributed by atoms with van der Waals surface area (Å²) in [5.74, 6) is -0.591. The van der Waals surface area contributed by atoms with Crippen LogP contribution in [-0.2, 0) is 21.8 Å². The minimum absolute atomic E-state index is 0.0703. The molecule has 3 rings (SSSR count). The molecular weight excluding hydrogens is 402 g/mol. The summed E-state index contributed by atoms with van der Waals surface area (Å²) < 4.78 is 35.5. The summed E-state index contributed by atoms with van der Waals surface area (Å²) in [6.45, 7) is 11.5. The van der Waals surface area contributed by atoms with E-state index < -0.39 is 16.0 Å². The van der Waals surface area contributed by atoms with Gasteiger partial charge in [0.15, 0.2) is 0 Å². The summed E-state index contributed by atoms with van der Waals surface area (Å²) in [6.07, 6.45) is 0. The van der Waals surface area contributed by atoms with Crippen molar-refractivity contribution < 1.29 is 17.9 Å². The molecule has 0 amide bonds. The Balaban J connectivity index is 1.89. The van der Waals surface area contributed by atoms with Gasteiger partial charge in [0.2, 0.25) is 10.0 Å². The molecule has 1 aromatic carbocycles. The molecular formula is C22H31N3O4S. The largest absolute Gasteiger partial charge is 0.462 e. The standard InChI is InChI=1S/C22H31N3O4S/c1-7-29-22(26)20-17(4)23(6)18(5)21(20)30(27,28)25-12-10-24(11-13-25)19-9-8-15(2)14-16(19)3/h8-9,14H,7,10-13H2,1-6H3. The van der Waals surface area contributed by atoms with E-state index >= 15 is 0 Å². The highest BCUT2D eigenvalue weighted by Gasteiger charge is 2.37. The minimum atomic E-state index is -3.83. The number of aryl methyl sites for hydroxylation is 2. The first-order valence-electron chi connectivity index (χ1n) is 10.2. The number of esters is 1. The number of benzene rings is 1. The molecule has 0 atom stereocenters. The number of aromatic nitrogens is 1. The molecule has 8 heteroatoms. The van der Waals surface area contributed by atoms with Crippen LogP contribution in [0, 0.1) is 27.7 Å². The Bertz CT molecular complexity index is 1060. The third-order valence-electron chi connectivity index (χ3n) is 5.93. The molecule has 0 N–H and O–H groups in total. The molecule has 30 heavy (non-hydrogen) atoms. The molecule has 164 valence electrons. The normalized spacial score (nSPS) is 15.5. The van der Waals surface area contributed by atoms with E-state index in [0.29, 0.717) is 37.6 Å². The van der Waals surface area contributed by atoms with Crippen LogP contribution in [0.1, 0.15) is 39.8 Å². The van der Waals surface area contributed by atoms with E-state index in [-0.39, 0.29) is 17.1 Å². The number of hydrogen-bond donors (Lipinski definition) is 0. The Hall–Kier alpha value is -2.32. The third kappa shape index (κ3) is 3.86. The molecule has 0 radical (unpaired) electrons. The van der Waals surface area contributed by atoms with Gasteiger partial charge >= 0.3 is 5.97 Å². The van der Waals surface area contributed by atoms with Crippen molar-refractivity contribution in [3.8, 4) is 0 Å². The summed E-state index contributed by atoms with van der Waals surface area (Å²) in [7, 11) is -2.06. The highest BCUT2D eigenvalue weighted by Crippen LogP contribution is 2.31.